The van der Waals surface area contributed by atoms with E-state index in [2.05, 4.69) is 20.2 Å². The molecule has 0 radical (unpaired) electrons. The molecule has 0 saturated carbocycles. The number of hydrogen-bond donors (Lipinski definition) is 2. The van der Waals surface area contributed by atoms with Crippen molar-refractivity contribution in [3.8, 4) is 0 Å². The van der Waals surface area contributed by atoms with Crippen molar-refractivity contribution >= 4 is 21.6 Å². The lowest BCUT2D eigenvalue weighted by atomic mass is 10.0. The first-order valence-electron chi connectivity index (χ1n) is 9.34. The van der Waals surface area contributed by atoms with Crippen molar-refractivity contribution in [2.24, 2.45) is 12.1 Å². The van der Waals surface area contributed by atoms with Gasteiger partial charge in [0.1, 0.15) is 5.82 Å². The second kappa shape index (κ2) is 9.47. The van der Waals surface area contributed by atoms with Crippen LogP contribution in [0.15, 0.2) is 77.0 Å². The molecule has 30 heavy (non-hydrogen) atoms. The number of nitrogens with zero attached hydrogens (tertiary/aromatic N) is 3. The van der Waals surface area contributed by atoms with Gasteiger partial charge in [0.2, 0.25) is 5.91 Å². The van der Waals surface area contributed by atoms with Crippen LogP contribution in [0.4, 0.5) is 0 Å². The van der Waals surface area contributed by atoms with E-state index in [0.717, 1.165) is 11.1 Å². The predicted octanol–water partition coefficient (Wildman–Crippen LogP) is 1.97. The number of carbonyl (C=O) groups excluding carboxylic acids is 1. The monoisotopic (exact) mass is 425 g/mol. The number of imidazole rings is 1. The van der Waals surface area contributed by atoms with E-state index in [-0.39, 0.29) is 18.0 Å². The van der Waals surface area contributed by atoms with Gasteiger partial charge in [0, 0.05) is 37.3 Å². The Morgan fingerprint density at radius 3 is 2.10 bits per heavy atom. The van der Waals surface area contributed by atoms with Gasteiger partial charge in [-0.15, -0.1) is 0 Å². The van der Waals surface area contributed by atoms with Gasteiger partial charge in [-0.2, -0.15) is 5.10 Å². The third-order valence-electron chi connectivity index (χ3n) is 4.39. The summed E-state index contributed by atoms with van der Waals surface area (Å²) in [6.07, 6.45) is 1.36. The van der Waals surface area contributed by atoms with E-state index in [1.165, 1.54) is 6.20 Å². The van der Waals surface area contributed by atoms with Crippen LogP contribution in [0.1, 0.15) is 23.4 Å². The summed E-state index contributed by atoms with van der Waals surface area (Å²) in [4.78, 5) is 16.2. The standard InChI is InChI=1S/C21H23N5O3S/c1-16-23-20(15-26(16)2)30(28,29)22-14-13-19(27)24-25-21(17-9-5-3-6-10-17)18-11-7-4-8-12-18/h3-12,15,22H,13-14H2,1-2H3,(H,24,27). The van der Waals surface area contributed by atoms with E-state index in [1.54, 1.807) is 18.5 Å². The number of hydrogen-bond acceptors (Lipinski definition) is 5. The molecule has 2 aromatic carbocycles. The lowest BCUT2D eigenvalue weighted by Gasteiger charge is -2.08. The molecule has 0 aliphatic rings. The largest absolute Gasteiger partial charge is 0.337 e. The van der Waals surface area contributed by atoms with Gasteiger partial charge in [-0.3, -0.25) is 4.79 Å². The molecule has 2 N–H and O–H groups in total. The molecule has 0 aliphatic carbocycles. The summed E-state index contributed by atoms with van der Waals surface area (Å²) in [7, 11) is -2.06. The van der Waals surface area contributed by atoms with Crippen LogP contribution in [-0.2, 0) is 21.9 Å². The van der Waals surface area contributed by atoms with Gasteiger partial charge in [-0.25, -0.2) is 23.5 Å². The molecule has 0 fully saturated rings. The maximum atomic E-state index is 12.3. The van der Waals surface area contributed by atoms with Crippen molar-refractivity contribution in [1.29, 1.82) is 0 Å². The highest BCUT2D eigenvalue weighted by Crippen LogP contribution is 2.10. The SMILES string of the molecule is Cc1nc(S(=O)(=O)NCCC(=O)NN=C(c2ccccc2)c2ccccc2)cn1C. The van der Waals surface area contributed by atoms with E-state index in [4.69, 9.17) is 0 Å². The molecular weight excluding hydrogens is 402 g/mol. The van der Waals surface area contributed by atoms with Crippen molar-refractivity contribution in [2.75, 3.05) is 6.54 Å². The summed E-state index contributed by atoms with van der Waals surface area (Å²) in [6, 6.07) is 19.0. The summed E-state index contributed by atoms with van der Waals surface area (Å²) < 4.78 is 28.5. The average Bonchev–Trinajstić information content (AvgIpc) is 3.09. The molecule has 0 saturated heterocycles. The van der Waals surface area contributed by atoms with E-state index in [0.29, 0.717) is 11.5 Å². The van der Waals surface area contributed by atoms with Crippen LogP contribution in [0.3, 0.4) is 0 Å². The van der Waals surface area contributed by atoms with E-state index in [1.807, 2.05) is 60.7 Å². The van der Waals surface area contributed by atoms with Crippen molar-refractivity contribution in [3.05, 3.63) is 83.8 Å². The zero-order valence-corrected chi connectivity index (χ0v) is 17.6. The molecule has 3 aromatic rings. The minimum absolute atomic E-state index is 0.0641. The molecule has 0 bridgehead atoms. The van der Waals surface area contributed by atoms with Crippen molar-refractivity contribution < 1.29 is 13.2 Å². The normalized spacial score (nSPS) is 11.1. The molecule has 156 valence electrons. The molecular formula is C21H23N5O3S. The summed E-state index contributed by atoms with van der Waals surface area (Å²) in [6.45, 7) is 1.65. The van der Waals surface area contributed by atoms with Crippen LogP contribution in [0, 0.1) is 6.92 Å². The second-order valence-electron chi connectivity index (χ2n) is 6.61. The van der Waals surface area contributed by atoms with Gasteiger partial charge in [0.05, 0.1) is 5.71 Å². The number of sulfonamides is 1. The Morgan fingerprint density at radius 1 is 1.03 bits per heavy atom. The Morgan fingerprint density at radius 2 is 1.60 bits per heavy atom. The topological polar surface area (TPSA) is 105 Å². The Kier molecular flexibility index (Phi) is 6.76. The highest BCUT2D eigenvalue weighted by Gasteiger charge is 2.18. The van der Waals surface area contributed by atoms with E-state index in [9.17, 15) is 13.2 Å². The van der Waals surface area contributed by atoms with Gasteiger partial charge in [0.15, 0.2) is 5.03 Å². The molecule has 1 amide bonds. The lowest BCUT2D eigenvalue weighted by molar-refractivity contribution is -0.120. The molecule has 1 aromatic heterocycles. The van der Waals surface area contributed by atoms with Crippen LogP contribution in [0.25, 0.3) is 0 Å². The highest BCUT2D eigenvalue weighted by atomic mass is 32.2. The molecule has 1 heterocycles. The fourth-order valence-electron chi connectivity index (χ4n) is 2.69. The molecule has 0 atom stereocenters. The highest BCUT2D eigenvalue weighted by molar-refractivity contribution is 7.89. The van der Waals surface area contributed by atoms with E-state index < -0.39 is 15.9 Å². The minimum atomic E-state index is -3.77. The van der Waals surface area contributed by atoms with Crippen molar-refractivity contribution in [1.82, 2.24) is 19.7 Å². The summed E-state index contributed by atoms with van der Waals surface area (Å²) in [5, 5.41) is 4.20. The lowest BCUT2D eigenvalue weighted by Crippen LogP contribution is -2.29. The Hall–Kier alpha value is -3.30. The number of hydrazone groups is 1. The quantitative estimate of drug-likeness (QED) is 0.425. The fourth-order valence-corrected chi connectivity index (χ4v) is 3.76. The number of carbonyl (C=O) groups is 1. The Bertz CT molecular complexity index is 1080. The number of amides is 1. The third-order valence-corrected chi connectivity index (χ3v) is 5.72. The Labute approximate surface area is 175 Å². The molecule has 3 rings (SSSR count). The maximum Gasteiger partial charge on any atom is 0.259 e. The zero-order chi connectivity index (χ0) is 21.6. The smallest absolute Gasteiger partial charge is 0.259 e. The second-order valence-corrected chi connectivity index (χ2v) is 8.33. The van der Waals surface area contributed by atoms with Gasteiger partial charge in [-0.05, 0) is 6.92 Å². The van der Waals surface area contributed by atoms with Crippen molar-refractivity contribution in [2.45, 2.75) is 18.4 Å². The Balaban J connectivity index is 1.63. The number of benzene rings is 2. The van der Waals surface area contributed by atoms with E-state index >= 15 is 0 Å². The summed E-state index contributed by atoms with van der Waals surface area (Å²) in [5.74, 6) is 0.177. The van der Waals surface area contributed by atoms with Gasteiger partial charge >= 0.3 is 0 Å². The number of aryl methyl sites for hydroxylation is 2. The fraction of sp³-hybridized carbons (Fsp3) is 0.190. The molecule has 8 nitrogen and oxygen atoms in total. The minimum Gasteiger partial charge on any atom is -0.337 e. The average molecular weight is 426 g/mol. The predicted molar refractivity (Wildman–Crippen MR) is 114 cm³/mol. The van der Waals surface area contributed by atoms with Crippen LogP contribution in [0.2, 0.25) is 0 Å². The van der Waals surface area contributed by atoms with Gasteiger partial charge in [0.25, 0.3) is 10.0 Å². The number of aromatic nitrogens is 2. The van der Waals surface area contributed by atoms with Gasteiger partial charge < -0.3 is 4.57 Å². The molecule has 0 aliphatic heterocycles. The van der Waals surface area contributed by atoms with Gasteiger partial charge in [-0.1, -0.05) is 60.7 Å². The zero-order valence-electron chi connectivity index (χ0n) is 16.7. The van der Waals surface area contributed by atoms with Crippen LogP contribution >= 0.6 is 0 Å². The first-order chi connectivity index (χ1) is 14.4. The first-order valence-corrected chi connectivity index (χ1v) is 10.8. The first kappa shape index (κ1) is 21.4. The molecule has 0 unspecified atom stereocenters. The third kappa shape index (κ3) is 5.40. The van der Waals surface area contributed by atoms with Crippen LogP contribution < -0.4 is 10.1 Å². The summed E-state index contributed by atoms with van der Waals surface area (Å²) in [5.41, 5.74) is 4.85. The molecule has 0 spiro atoms. The molecule has 9 heteroatoms. The number of nitrogens with one attached hydrogen (secondary N) is 2. The van der Waals surface area contributed by atoms with Crippen LogP contribution in [0.5, 0.6) is 0 Å². The van der Waals surface area contributed by atoms with Crippen LogP contribution in [-0.4, -0.2) is 36.1 Å². The number of rotatable bonds is 8. The summed E-state index contributed by atoms with van der Waals surface area (Å²) >= 11 is 0. The maximum absolute atomic E-state index is 12.3. The van der Waals surface area contributed by atoms with Crippen molar-refractivity contribution in [3.63, 3.8) is 0 Å².